The number of ketones is 1. The molecule has 0 aromatic heterocycles. The highest BCUT2D eigenvalue weighted by atomic mass is 16.6. The molecule has 8 atom stereocenters. The van der Waals surface area contributed by atoms with Gasteiger partial charge >= 0.3 is 5.97 Å². The molecule has 0 bridgehead atoms. The number of fused-ring (bicyclic) bond motifs is 4. The first-order valence-corrected chi connectivity index (χ1v) is 10.0. The number of ether oxygens (including phenoxy) is 2. The van der Waals surface area contributed by atoms with E-state index in [0.717, 1.165) is 19.3 Å². The summed E-state index contributed by atoms with van der Waals surface area (Å²) in [5.74, 6) is -0.0641. The quantitative estimate of drug-likeness (QED) is 0.532. The van der Waals surface area contributed by atoms with Gasteiger partial charge in [0.15, 0.2) is 5.78 Å². The van der Waals surface area contributed by atoms with Crippen molar-refractivity contribution in [3.8, 4) is 0 Å². The third-order valence-electron chi connectivity index (χ3n) is 8.62. The normalized spacial score (nSPS) is 54.3. The summed E-state index contributed by atoms with van der Waals surface area (Å²) >= 11 is 0. The van der Waals surface area contributed by atoms with E-state index in [1.54, 1.807) is 12.2 Å². The van der Waals surface area contributed by atoms with Gasteiger partial charge in [-0.05, 0) is 44.3 Å². The lowest BCUT2D eigenvalue weighted by Crippen LogP contribution is -2.65. The third-order valence-corrected chi connectivity index (χ3v) is 8.62. The van der Waals surface area contributed by atoms with Crippen LogP contribution in [0.25, 0.3) is 0 Å². The fourth-order valence-corrected chi connectivity index (χ4v) is 7.72. The number of hydrogen-bond donors (Lipinski definition) is 0. The topological polar surface area (TPSA) is 52.6 Å². The second-order valence-corrected chi connectivity index (χ2v) is 9.63. The number of allylic oxidation sites excluding steroid dienone is 2. The fraction of sp³-hybridized carbons (Fsp3) is 0.727. The van der Waals surface area contributed by atoms with Crippen molar-refractivity contribution in [1.29, 1.82) is 0 Å². The molecule has 0 unspecified atom stereocenters. The summed E-state index contributed by atoms with van der Waals surface area (Å²) in [5, 5.41) is 0. The van der Waals surface area contributed by atoms with E-state index in [1.165, 1.54) is 11.1 Å². The van der Waals surface area contributed by atoms with E-state index in [2.05, 4.69) is 27.7 Å². The van der Waals surface area contributed by atoms with Crippen molar-refractivity contribution in [2.45, 2.75) is 72.2 Å². The molecule has 2 heterocycles. The van der Waals surface area contributed by atoms with E-state index in [1.807, 2.05) is 6.92 Å². The monoisotopic (exact) mass is 356 g/mol. The van der Waals surface area contributed by atoms with Crippen molar-refractivity contribution in [3.63, 3.8) is 0 Å². The molecule has 26 heavy (non-hydrogen) atoms. The molecule has 0 spiro atoms. The van der Waals surface area contributed by atoms with E-state index in [9.17, 15) is 9.59 Å². The van der Waals surface area contributed by atoms with Crippen LogP contribution >= 0.6 is 0 Å². The lowest BCUT2D eigenvalue weighted by molar-refractivity contribution is -0.186. The molecule has 4 nitrogen and oxygen atoms in total. The highest BCUT2D eigenvalue weighted by molar-refractivity contribution is 6.00. The summed E-state index contributed by atoms with van der Waals surface area (Å²) < 4.78 is 12.6. The Hall–Kier alpha value is -1.42. The minimum atomic E-state index is -0.730. The van der Waals surface area contributed by atoms with Crippen molar-refractivity contribution in [2.24, 2.45) is 28.1 Å². The van der Waals surface area contributed by atoms with Gasteiger partial charge in [-0.15, -0.1) is 0 Å². The molecular weight excluding hydrogens is 328 g/mol. The standard InChI is InChI=1S/C22H28O4/c1-6-13-21(4)14(23)9-10-20(3)17(21)16(26-19(20)24)18-22(13,5)15-11(2)7-8-12(15)25-18/h9-10,12-13,16-18H,6-8H2,1-5H3/t12-,13-,16-,17+,18-,20-,21+,22-/m1/s1. The molecule has 0 aromatic carbocycles. The maximum atomic E-state index is 13.3. The van der Waals surface area contributed by atoms with E-state index in [0.29, 0.717) is 0 Å². The molecule has 3 aliphatic carbocycles. The molecule has 0 amide bonds. The molecule has 0 radical (unpaired) electrons. The van der Waals surface area contributed by atoms with E-state index in [-0.39, 0.29) is 47.3 Å². The maximum absolute atomic E-state index is 13.3. The third kappa shape index (κ3) is 1.51. The first kappa shape index (κ1) is 16.7. The Bertz CT molecular complexity index is 794. The Balaban J connectivity index is 1.79. The van der Waals surface area contributed by atoms with Crippen molar-refractivity contribution in [1.82, 2.24) is 0 Å². The second kappa shape index (κ2) is 4.70. The van der Waals surface area contributed by atoms with Crippen molar-refractivity contribution >= 4 is 11.8 Å². The Kier molecular flexibility index (Phi) is 3.02. The highest BCUT2D eigenvalue weighted by Crippen LogP contribution is 2.71. The highest BCUT2D eigenvalue weighted by Gasteiger charge is 2.77. The summed E-state index contributed by atoms with van der Waals surface area (Å²) in [6.45, 7) is 10.7. The fourth-order valence-electron chi connectivity index (χ4n) is 7.72. The van der Waals surface area contributed by atoms with Gasteiger partial charge in [-0.1, -0.05) is 38.8 Å². The van der Waals surface area contributed by atoms with Crippen LogP contribution in [0.2, 0.25) is 0 Å². The Labute approximate surface area is 155 Å². The lowest BCUT2D eigenvalue weighted by Gasteiger charge is -2.59. The lowest BCUT2D eigenvalue weighted by atomic mass is 9.42. The van der Waals surface area contributed by atoms with Crippen LogP contribution in [-0.2, 0) is 19.1 Å². The van der Waals surface area contributed by atoms with Gasteiger partial charge in [0.1, 0.15) is 12.2 Å². The number of rotatable bonds is 1. The van der Waals surface area contributed by atoms with Gasteiger partial charge in [-0.3, -0.25) is 9.59 Å². The van der Waals surface area contributed by atoms with Crippen LogP contribution < -0.4 is 0 Å². The summed E-state index contributed by atoms with van der Waals surface area (Å²) in [5.41, 5.74) is 1.22. The largest absolute Gasteiger partial charge is 0.459 e. The van der Waals surface area contributed by atoms with Crippen LogP contribution in [0, 0.1) is 28.1 Å². The average Bonchev–Trinajstić information content (AvgIpc) is 3.18. The zero-order valence-corrected chi connectivity index (χ0v) is 16.3. The summed E-state index contributed by atoms with van der Waals surface area (Å²) in [6.07, 6.45) is 6.04. The van der Waals surface area contributed by atoms with Crippen LogP contribution in [0.15, 0.2) is 23.3 Å². The molecule has 1 saturated carbocycles. The number of carbonyl (C=O) groups excluding carboxylic acids is 2. The zero-order valence-electron chi connectivity index (χ0n) is 16.3. The molecule has 140 valence electrons. The minimum Gasteiger partial charge on any atom is -0.459 e. The Morgan fingerprint density at radius 1 is 1.19 bits per heavy atom. The summed E-state index contributed by atoms with van der Waals surface area (Å²) in [7, 11) is 0. The molecule has 5 rings (SSSR count). The molecule has 5 aliphatic rings. The minimum absolute atomic E-state index is 0.122. The van der Waals surface area contributed by atoms with Gasteiger partial charge in [0.2, 0.25) is 0 Å². The van der Waals surface area contributed by atoms with Crippen LogP contribution in [0.5, 0.6) is 0 Å². The predicted molar refractivity (Wildman–Crippen MR) is 96.2 cm³/mol. The predicted octanol–water partition coefficient (Wildman–Crippen LogP) is 3.60. The molecule has 0 aromatic rings. The van der Waals surface area contributed by atoms with E-state index < -0.39 is 10.8 Å². The van der Waals surface area contributed by atoms with Gasteiger partial charge in [0.05, 0.1) is 11.5 Å². The van der Waals surface area contributed by atoms with Crippen molar-refractivity contribution < 1.29 is 19.1 Å². The molecule has 0 N–H and O–H groups in total. The van der Waals surface area contributed by atoms with E-state index in [4.69, 9.17) is 9.47 Å². The van der Waals surface area contributed by atoms with E-state index >= 15 is 0 Å². The summed E-state index contributed by atoms with van der Waals surface area (Å²) in [4.78, 5) is 26.1. The Morgan fingerprint density at radius 3 is 2.62 bits per heavy atom. The SMILES string of the molecule is CC[C@H]1[C@]2(C)C3=C(C)CC[C@H]3O[C@@H]2[C@@H]2OC(=O)[C@]3(C)C=CC(=O)[C@@]1(C)[C@@H]23. The maximum Gasteiger partial charge on any atom is 0.316 e. The van der Waals surface area contributed by atoms with Gasteiger partial charge in [0.25, 0.3) is 0 Å². The second-order valence-electron chi connectivity index (χ2n) is 9.63. The van der Waals surface area contributed by atoms with Gasteiger partial charge in [-0.25, -0.2) is 0 Å². The Morgan fingerprint density at radius 2 is 1.92 bits per heavy atom. The number of carbonyl (C=O) groups is 2. The molecule has 2 aliphatic heterocycles. The van der Waals surface area contributed by atoms with Crippen LogP contribution in [-0.4, -0.2) is 30.1 Å². The molecule has 3 fully saturated rings. The van der Waals surface area contributed by atoms with Crippen molar-refractivity contribution in [3.05, 3.63) is 23.3 Å². The zero-order chi connectivity index (χ0) is 18.6. The molecular formula is C22H28O4. The number of hydrogen-bond acceptors (Lipinski definition) is 4. The first-order chi connectivity index (χ1) is 12.2. The molecule has 4 heteroatoms. The van der Waals surface area contributed by atoms with Crippen LogP contribution in [0.1, 0.15) is 53.9 Å². The van der Waals surface area contributed by atoms with Gasteiger partial charge in [-0.2, -0.15) is 0 Å². The first-order valence-electron chi connectivity index (χ1n) is 10.0. The average molecular weight is 356 g/mol. The van der Waals surface area contributed by atoms with Crippen LogP contribution in [0.4, 0.5) is 0 Å². The van der Waals surface area contributed by atoms with Crippen molar-refractivity contribution in [2.75, 3.05) is 0 Å². The van der Waals surface area contributed by atoms with Crippen LogP contribution in [0.3, 0.4) is 0 Å². The summed E-state index contributed by atoms with van der Waals surface area (Å²) in [6, 6.07) is 0. The smallest absolute Gasteiger partial charge is 0.316 e. The number of esters is 1. The molecule has 2 saturated heterocycles. The van der Waals surface area contributed by atoms with Gasteiger partial charge in [0, 0.05) is 16.7 Å². The van der Waals surface area contributed by atoms with Gasteiger partial charge < -0.3 is 9.47 Å².